The molecule has 0 bridgehead atoms. The van der Waals surface area contributed by atoms with Gasteiger partial charge in [0.15, 0.2) is 5.78 Å². The molecule has 13 heavy (non-hydrogen) atoms. The summed E-state index contributed by atoms with van der Waals surface area (Å²) in [7, 11) is 1.25. The average Bonchev–Trinajstić information content (AvgIpc) is 2.01. The molecule has 0 aliphatic carbocycles. The summed E-state index contributed by atoms with van der Waals surface area (Å²) in [5, 5.41) is 2.02. The molecule has 0 aliphatic heterocycles. The maximum absolute atomic E-state index is 11.5. The van der Waals surface area contributed by atoms with Crippen molar-refractivity contribution in [2.75, 3.05) is 7.11 Å². The fourth-order valence-electron chi connectivity index (χ4n) is 0.890. The number of nitrogens with one attached hydrogen (secondary N) is 1. The molecule has 5 heteroatoms. The van der Waals surface area contributed by atoms with Crippen molar-refractivity contribution in [3.8, 4) is 0 Å². The molecule has 1 unspecified atom stereocenters. The fraction of sp³-hybridized carbons (Fsp3) is 0.750. The van der Waals surface area contributed by atoms with Gasteiger partial charge in [-0.2, -0.15) is 12.6 Å². The fourth-order valence-corrected chi connectivity index (χ4v) is 1.21. The van der Waals surface area contributed by atoms with Gasteiger partial charge in [-0.25, -0.2) is 4.79 Å². The van der Waals surface area contributed by atoms with E-state index in [1.54, 1.807) is 20.8 Å². The number of amides is 1. The van der Waals surface area contributed by atoms with Crippen LogP contribution in [0.4, 0.5) is 4.79 Å². The zero-order valence-electron chi connectivity index (χ0n) is 8.25. The third-order valence-electron chi connectivity index (χ3n) is 1.60. The van der Waals surface area contributed by atoms with E-state index in [4.69, 9.17) is 0 Å². The Balaban J connectivity index is 4.39. The predicted molar refractivity (Wildman–Crippen MR) is 53.1 cm³/mol. The molecule has 0 radical (unpaired) electrons. The third-order valence-corrected chi connectivity index (χ3v) is 1.83. The molecule has 0 saturated carbocycles. The van der Waals surface area contributed by atoms with Crippen LogP contribution in [0.1, 0.15) is 20.8 Å². The van der Waals surface area contributed by atoms with Gasteiger partial charge in [-0.05, 0) is 20.8 Å². The molecule has 0 aromatic rings. The van der Waals surface area contributed by atoms with Crippen LogP contribution in [0.5, 0.6) is 0 Å². The van der Waals surface area contributed by atoms with Crippen molar-refractivity contribution >= 4 is 24.5 Å². The van der Waals surface area contributed by atoms with Crippen molar-refractivity contribution in [2.24, 2.45) is 0 Å². The van der Waals surface area contributed by atoms with Gasteiger partial charge in [0.1, 0.15) is 0 Å². The standard InChI is InChI=1S/C8H15NO3S/c1-5(13)6(10)8(2,3)9-7(11)12-4/h5,13H,1-4H3,(H,9,11). The van der Waals surface area contributed by atoms with Crippen LogP contribution in [0.15, 0.2) is 0 Å². The number of thiol groups is 1. The number of ketones is 1. The summed E-state index contributed by atoms with van der Waals surface area (Å²) < 4.78 is 4.39. The number of carbonyl (C=O) groups is 2. The predicted octanol–water partition coefficient (Wildman–Crippen LogP) is 1.01. The van der Waals surface area contributed by atoms with Crippen LogP contribution in [-0.4, -0.2) is 29.8 Å². The van der Waals surface area contributed by atoms with Gasteiger partial charge in [-0.1, -0.05) is 0 Å². The van der Waals surface area contributed by atoms with E-state index in [9.17, 15) is 9.59 Å². The molecule has 1 atom stereocenters. The highest BCUT2D eigenvalue weighted by Crippen LogP contribution is 2.10. The van der Waals surface area contributed by atoms with Crippen molar-refractivity contribution in [1.29, 1.82) is 0 Å². The lowest BCUT2D eigenvalue weighted by Crippen LogP contribution is -2.52. The van der Waals surface area contributed by atoms with Gasteiger partial charge in [0.2, 0.25) is 0 Å². The highest BCUT2D eigenvalue weighted by Gasteiger charge is 2.31. The van der Waals surface area contributed by atoms with Gasteiger partial charge in [0.25, 0.3) is 0 Å². The zero-order valence-corrected chi connectivity index (χ0v) is 9.14. The molecule has 0 aliphatic rings. The number of hydrogen-bond donors (Lipinski definition) is 2. The Morgan fingerprint density at radius 1 is 1.46 bits per heavy atom. The monoisotopic (exact) mass is 205 g/mol. The quantitative estimate of drug-likeness (QED) is 0.676. The second-order valence-electron chi connectivity index (χ2n) is 3.28. The Bertz CT molecular complexity index is 213. The molecule has 4 nitrogen and oxygen atoms in total. The van der Waals surface area contributed by atoms with Crippen LogP contribution in [0, 0.1) is 0 Å². The molecule has 0 rings (SSSR count). The van der Waals surface area contributed by atoms with Crippen LogP contribution in [0.25, 0.3) is 0 Å². The van der Waals surface area contributed by atoms with Gasteiger partial charge in [-0.3, -0.25) is 4.79 Å². The molecule has 76 valence electrons. The molecule has 0 aromatic carbocycles. The molecule has 0 saturated heterocycles. The van der Waals surface area contributed by atoms with E-state index in [2.05, 4.69) is 22.7 Å². The number of hydrogen-bond acceptors (Lipinski definition) is 4. The largest absolute Gasteiger partial charge is 0.453 e. The van der Waals surface area contributed by atoms with Crippen LogP contribution in [0.3, 0.4) is 0 Å². The second-order valence-corrected chi connectivity index (χ2v) is 4.06. The Hall–Kier alpha value is -0.710. The molecular formula is C8H15NO3S. The maximum Gasteiger partial charge on any atom is 0.407 e. The van der Waals surface area contributed by atoms with E-state index in [0.717, 1.165) is 0 Å². The topological polar surface area (TPSA) is 55.4 Å². The van der Waals surface area contributed by atoms with E-state index in [1.165, 1.54) is 7.11 Å². The van der Waals surface area contributed by atoms with Crippen LogP contribution in [-0.2, 0) is 9.53 Å². The zero-order chi connectivity index (χ0) is 10.6. The van der Waals surface area contributed by atoms with Gasteiger partial charge in [0, 0.05) is 0 Å². The molecule has 0 fully saturated rings. The van der Waals surface area contributed by atoms with Gasteiger partial charge < -0.3 is 10.1 Å². The van der Waals surface area contributed by atoms with Crippen molar-refractivity contribution in [3.63, 3.8) is 0 Å². The molecular weight excluding hydrogens is 190 g/mol. The van der Waals surface area contributed by atoms with Crippen molar-refractivity contribution in [2.45, 2.75) is 31.6 Å². The number of rotatable bonds is 3. The maximum atomic E-state index is 11.5. The first-order chi connectivity index (χ1) is 5.81. The van der Waals surface area contributed by atoms with Crippen molar-refractivity contribution in [3.05, 3.63) is 0 Å². The number of carbonyl (C=O) groups excluding carboxylic acids is 2. The van der Waals surface area contributed by atoms with Gasteiger partial charge in [0.05, 0.1) is 17.9 Å². The van der Waals surface area contributed by atoms with Crippen LogP contribution in [0.2, 0.25) is 0 Å². The number of alkyl carbamates (subject to hydrolysis) is 1. The Labute approximate surface area is 83.4 Å². The van der Waals surface area contributed by atoms with Crippen LogP contribution < -0.4 is 5.32 Å². The first-order valence-electron chi connectivity index (χ1n) is 3.89. The van der Waals surface area contributed by atoms with Crippen molar-refractivity contribution < 1.29 is 14.3 Å². The summed E-state index contributed by atoms with van der Waals surface area (Å²) in [5.41, 5.74) is -0.936. The third kappa shape index (κ3) is 3.67. The van der Waals surface area contributed by atoms with E-state index < -0.39 is 16.9 Å². The van der Waals surface area contributed by atoms with Gasteiger partial charge >= 0.3 is 6.09 Å². The molecule has 0 aromatic heterocycles. The second kappa shape index (κ2) is 4.50. The summed E-state index contributed by atoms with van der Waals surface area (Å²) >= 11 is 4.00. The summed E-state index contributed by atoms with van der Waals surface area (Å²) in [6, 6.07) is 0. The summed E-state index contributed by atoms with van der Waals surface area (Å²) in [4.78, 5) is 22.3. The van der Waals surface area contributed by atoms with E-state index in [0.29, 0.717) is 0 Å². The Morgan fingerprint density at radius 3 is 2.23 bits per heavy atom. The molecule has 1 N–H and O–H groups in total. The van der Waals surface area contributed by atoms with E-state index in [1.807, 2.05) is 0 Å². The minimum Gasteiger partial charge on any atom is -0.453 e. The summed E-state index contributed by atoms with van der Waals surface area (Å²) in [6.45, 7) is 4.88. The SMILES string of the molecule is COC(=O)NC(C)(C)C(=O)C(C)S. The lowest BCUT2D eigenvalue weighted by Gasteiger charge is -2.25. The first-order valence-corrected chi connectivity index (χ1v) is 4.41. The number of ether oxygens (including phenoxy) is 1. The normalized spacial score (nSPS) is 13.3. The number of methoxy groups -OCH3 is 1. The minimum atomic E-state index is -0.936. The Morgan fingerprint density at radius 2 is 1.92 bits per heavy atom. The van der Waals surface area contributed by atoms with E-state index in [-0.39, 0.29) is 5.78 Å². The number of Topliss-reactive ketones (excluding diaryl/α,β-unsaturated/α-hetero) is 1. The smallest absolute Gasteiger partial charge is 0.407 e. The van der Waals surface area contributed by atoms with Crippen LogP contribution >= 0.6 is 12.6 Å². The lowest BCUT2D eigenvalue weighted by atomic mass is 9.97. The van der Waals surface area contributed by atoms with E-state index >= 15 is 0 Å². The summed E-state index contributed by atoms with van der Waals surface area (Å²) in [5.74, 6) is -0.152. The van der Waals surface area contributed by atoms with Crippen molar-refractivity contribution in [1.82, 2.24) is 5.32 Å². The molecule has 0 heterocycles. The Kier molecular flexibility index (Phi) is 4.26. The molecule has 0 spiro atoms. The van der Waals surface area contributed by atoms with Gasteiger partial charge in [-0.15, -0.1) is 0 Å². The minimum absolute atomic E-state index is 0.152. The highest BCUT2D eigenvalue weighted by molar-refractivity contribution is 7.81. The first kappa shape index (κ1) is 12.3. The highest BCUT2D eigenvalue weighted by atomic mass is 32.1. The summed E-state index contributed by atoms with van der Waals surface area (Å²) in [6.07, 6.45) is -0.618. The average molecular weight is 205 g/mol. The lowest BCUT2D eigenvalue weighted by molar-refractivity contribution is -0.123. The molecule has 1 amide bonds.